The van der Waals surface area contributed by atoms with E-state index in [1.54, 1.807) is 6.20 Å². The molecule has 2 aromatic rings. The highest BCUT2D eigenvalue weighted by atomic mass is 19.1. The number of nitrogens with one attached hydrogen (secondary N) is 1. The largest absolute Gasteiger partial charge is 0.354 e. The van der Waals surface area contributed by atoms with Crippen molar-refractivity contribution in [2.45, 2.75) is 6.54 Å². The number of hydrogen-bond donors (Lipinski definition) is 1. The first-order valence-corrected chi connectivity index (χ1v) is 6.82. The van der Waals surface area contributed by atoms with Gasteiger partial charge in [-0.3, -0.25) is 14.7 Å². The van der Waals surface area contributed by atoms with Crippen molar-refractivity contribution in [1.82, 2.24) is 19.9 Å². The Bertz CT molecular complexity index is 666. The Morgan fingerprint density at radius 1 is 1.19 bits per heavy atom. The second kappa shape index (κ2) is 6.01. The molecule has 7 heteroatoms. The summed E-state index contributed by atoms with van der Waals surface area (Å²) in [5.41, 5.74) is 0.728. The Hall–Kier alpha value is -2.28. The maximum Gasteiger partial charge on any atom is 0.252 e. The number of aromatic nitrogens is 3. The smallest absolute Gasteiger partial charge is 0.252 e. The summed E-state index contributed by atoms with van der Waals surface area (Å²) in [6, 6.07) is 3.02. The van der Waals surface area contributed by atoms with Gasteiger partial charge in [0, 0.05) is 45.0 Å². The summed E-state index contributed by atoms with van der Waals surface area (Å²) in [5, 5.41) is 0. The maximum atomic E-state index is 13.1. The molecular weight excluding hydrogens is 273 g/mol. The SMILES string of the molecule is O=c1cc(N2CCN(Cc3cncc(F)c3)CC2)nc[nH]1. The number of nitrogens with zero attached hydrogens (tertiary/aromatic N) is 4. The molecule has 0 aliphatic carbocycles. The number of hydrogen-bond acceptors (Lipinski definition) is 5. The van der Waals surface area contributed by atoms with Crippen molar-refractivity contribution >= 4 is 5.82 Å². The van der Waals surface area contributed by atoms with Gasteiger partial charge in [-0.15, -0.1) is 0 Å². The van der Waals surface area contributed by atoms with E-state index in [0.717, 1.165) is 31.7 Å². The summed E-state index contributed by atoms with van der Waals surface area (Å²) in [5.74, 6) is 0.393. The van der Waals surface area contributed by atoms with Gasteiger partial charge in [0.2, 0.25) is 0 Å². The van der Waals surface area contributed by atoms with Crippen LogP contribution >= 0.6 is 0 Å². The van der Waals surface area contributed by atoms with Crippen LogP contribution in [0.3, 0.4) is 0 Å². The molecule has 3 rings (SSSR count). The first-order chi connectivity index (χ1) is 10.2. The highest BCUT2D eigenvalue weighted by molar-refractivity contribution is 5.37. The van der Waals surface area contributed by atoms with E-state index < -0.39 is 0 Å². The number of pyridine rings is 1. The minimum absolute atomic E-state index is 0.145. The molecule has 1 aliphatic heterocycles. The third-order valence-corrected chi connectivity index (χ3v) is 3.53. The minimum Gasteiger partial charge on any atom is -0.354 e. The van der Waals surface area contributed by atoms with E-state index in [-0.39, 0.29) is 11.4 Å². The fraction of sp³-hybridized carbons (Fsp3) is 0.357. The lowest BCUT2D eigenvalue weighted by molar-refractivity contribution is 0.248. The van der Waals surface area contributed by atoms with E-state index in [1.807, 2.05) is 0 Å². The summed E-state index contributed by atoms with van der Waals surface area (Å²) in [6.07, 6.45) is 4.32. The fourth-order valence-corrected chi connectivity index (χ4v) is 2.47. The van der Waals surface area contributed by atoms with E-state index in [2.05, 4.69) is 24.8 Å². The van der Waals surface area contributed by atoms with Crippen LogP contribution in [0.2, 0.25) is 0 Å². The lowest BCUT2D eigenvalue weighted by Gasteiger charge is -2.35. The van der Waals surface area contributed by atoms with Crippen molar-refractivity contribution < 1.29 is 4.39 Å². The Kier molecular flexibility index (Phi) is 3.92. The van der Waals surface area contributed by atoms with Crippen LogP contribution in [0.15, 0.2) is 35.6 Å². The molecule has 0 aromatic carbocycles. The lowest BCUT2D eigenvalue weighted by atomic mass is 10.2. The van der Waals surface area contributed by atoms with E-state index in [9.17, 15) is 9.18 Å². The monoisotopic (exact) mass is 289 g/mol. The zero-order valence-corrected chi connectivity index (χ0v) is 11.5. The number of piperazine rings is 1. The molecule has 0 spiro atoms. The van der Waals surface area contributed by atoms with Gasteiger partial charge >= 0.3 is 0 Å². The third kappa shape index (κ3) is 3.43. The molecule has 110 valence electrons. The molecule has 6 nitrogen and oxygen atoms in total. The predicted octanol–water partition coefficient (Wildman–Crippen LogP) is 0.626. The Morgan fingerprint density at radius 2 is 2.00 bits per heavy atom. The van der Waals surface area contributed by atoms with Crippen LogP contribution < -0.4 is 10.5 Å². The number of aromatic amines is 1. The molecule has 2 aromatic heterocycles. The number of halogens is 1. The Balaban J connectivity index is 1.59. The van der Waals surface area contributed by atoms with E-state index >= 15 is 0 Å². The Labute approximate surface area is 121 Å². The molecule has 0 amide bonds. The summed E-state index contributed by atoms with van der Waals surface area (Å²) >= 11 is 0. The van der Waals surface area contributed by atoms with Crippen molar-refractivity contribution in [2.24, 2.45) is 0 Å². The second-order valence-corrected chi connectivity index (χ2v) is 5.04. The van der Waals surface area contributed by atoms with Gasteiger partial charge in [-0.05, 0) is 11.6 Å². The van der Waals surface area contributed by atoms with Crippen molar-refractivity contribution in [3.63, 3.8) is 0 Å². The van der Waals surface area contributed by atoms with Gasteiger partial charge in [-0.1, -0.05) is 0 Å². The molecule has 1 fully saturated rings. The van der Waals surface area contributed by atoms with E-state index in [0.29, 0.717) is 12.4 Å². The van der Waals surface area contributed by atoms with Crippen LogP contribution in [-0.4, -0.2) is 46.0 Å². The molecule has 3 heterocycles. The number of H-pyrrole nitrogens is 1. The zero-order valence-electron chi connectivity index (χ0n) is 11.5. The van der Waals surface area contributed by atoms with Gasteiger partial charge in [-0.25, -0.2) is 9.37 Å². The molecular formula is C14H16FN5O. The van der Waals surface area contributed by atoms with E-state index in [4.69, 9.17) is 0 Å². The molecule has 21 heavy (non-hydrogen) atoms. The first kappa shape index (κ1) is 13.7. The van der Waals surface area contributed by atoms with Crippen LogP contribution in [-0.2, 0) is 6.54 Å². The summed E-state index contributed by atoms with van der Waals surface area (Å²) in [4.78, 5) is 26.2. The van der Waals surface area contributed by atoms with Crippen molar-refractivity contribution in [3.8, 4) is 0 Å². The average Bonchev–Trinajstić information content (AvgIpc) is 2.48. The molecule has 0 atom stereocenters. The molecule has 1 saturated heterocycles. The van der Waals surface area contributed by atoms with Gasteiger partial charge in [0.15, 0.2) is 0 Å². The summed E-state index contributed by atoms with van der Waals surface area (Å²) in [6.45, 7) is 3.94. The number of anilines is 1. The molecule has 1 N–H and O–H groups in total. The van der Waals surface area contributed by atoms with Crippen molar-refractivity contribution in [3.05, 3.63) is 52.6 Å². The van der Waals surface area contributed by atoms with Crippen LogP contribution in [0.1, 0.15) is 5.56 Å². The van der Waals surface area contributed by atoms with Crippen molar-refractivity contribution in [2.75, 3.05) is 31.1 Å². The predicted molar refractivity (Wildman–Crippen MR) is 76.5 cm³/mol. The molecule has 0 saturated carbocycles. The highest BCUT2D eigenvalue weighted by Crippen LogP contribution is 2.13. The highest BCUT2D eigenvalue weighted by Gasteiger charge is 2.18. The molecule has 0 bridgehead atoms. The maximum absolute atomic E-state index is 13.1. The van der Waals surface area contributed by atoms with Crippen LogP contribution in [0.4, 0.5) is 10.2 Å². The Morgan fingerprint density at radius 3 is 2.71 bits per heavy atom. The van der Waals surface area contributed by atoms with Gasteiger partial charge < -0.3 is 9.88 Å². The second-order valence-electron chi connectivity index (χ2n) is 5.04. The lowest BCUT2D eigenvalue weighted by Crippen LogP contribution is -2.46. The summed E-state index contributed by atoms with van der Waals surface area (Å²) < 4.78 is 13.1. The van der Waals surface area contributed by atoms with Gasteiger partial charge in [0.05, 0.1) is 12.5 Å². The van der Waals surface area contributed by atoms with Crippen LogP contribution in [0.25, 0.3) is 0 Å². The standard InChI is InChI=1S/C14H16FN5O/c15-12-5-11(7-16-8-12)9-19-1-3-20(4-2-19)13-6-14(21)18-10-17-13/h5-8,10H,1-4,9H2,(H,17,18,21). The molecule has 1 aliphatic rings. The minimum atomic E-state index is -0.307. The summed E-state index contributed by atoms with van der Waals surface area (Å²) in [7, 11) is 0. The zero-order chi connectivity index (χ0) is 14.7. The first-order valence-electron chi connectivity index (χ1n) is 6.82. The topological polar surface area (TPSA) is 65.1 Å². The van der Waals surface area contributed by atoms with Gasteiger partial charge in [0.25, 0.3) is 5.56 Å². The van der Waals surface area contributed by atoms with Gasteiger partial charge in [-0.2, -0.15) is 0 Å². The average molecular weight is 289 g/mol. The van der Waals surface area contributed by atoms with Crippen LogP contribution in [0.5, 0.6) is 0 Å². The van der Waals surface area contributed by atoms with Crippen molar-refractivity contribution in [1.29, 1.82) is 0 Å². The third-order valence-electron chi connectivity index (χ3n) is 3.53. The van der Waals surface area contributed by atoms with E-state index in [1.165, 1.54) is 24.7 Å². The fourth-order valence-electron chi connectivity index (χ4n) is 2.47. The number of rotatable bonds is 3. The quantitative estimate of drug-likeness (QED) is 0.897. The van der Waals surface area contributed by atoms with Gasteiger partial charge in [0.1, 0.15) is 11.6 Å². The normalized spacial score (nSPS) is 16.1. The van der Waals surface area contributed by atoms with Crippen LogP contribution in [0, 0.1) is 5.82 Å². The molecule has 0 unspecified atom stereocenters. The molecule has 0 radical (unpaired) electrons.